The van der Waals surface area contributed by atoms with E-state index in [9.17, 15) is 18.0 Å². The molecule has 0 radical (unpaired) electrons. The third-order valence-corrected chi connectivity index (χ3v) is 8.18. The number of hydrogen-bond donors (Lipinski definition) is 1. The maximum absolute atomic E-state index is 14.0. The van der Waals surface area contributed by atoms with E-state index in [0.29, 0.717) is 23.7 Å². The lowest BCUT2D eigenvalue weighted by Crippen LogP contribution is -2.52. The molecule has 0 fully saturated rings. The lowest BCUT2D eigenvalue weighted by Gasteiger charge is -2.33. The molecule has 38 heavy (non-hydrogen) atoms. The van der Waals surface area contributed by atoms with Crippen LogP contribution in [0.3, 0.4) is 0 Å². The van der Waals surface area contributed by atoms with Gasteiger partial charge in [-0.05, 0) is 74.7 Å². The molecule has 0 bridgehead atoms. The highest BCUT2D eigenvalue weighted by atomic mass is 35.5. The molecule has 2 amide bonds. The van der Waals surface area contributed by atoms with Crippen LogP contribution in [0.1, 0.15) is 37.0 Å². The van der Waals surface area contributed by atoms with E-state index < -0.39 is 28.5 Å². The van der Waals surface area contributed by atoms with Gasteiger partial charge in [0.15, 0.2) is 0 Å². The number of nitrogens with one attached hydrogen (secondary N) is 1. The minimum atomic E-state index is -4.13. The summed E-state index contributed by atoms with van der Waals surface area (Å²) in [6.07, 6.45) is 0.373. The van der Waals surface area contributed by atoms with Crippen LogP contribution in [0.4, 0.5) is 5.69 Å². The first-order chi connectivity index (χ1) is 18.1. The molecule has 202 valence electrons. The fourth-order valence-corrected chi connectivity index (χ4v) is 5.80. The standard InChI is InChI=1S/C29H34ClN3O4S/c1-5-27(29(35)31-6-2)32(19-23-11-7-9-21(3)17-23)28(34)20-33(25-12-8-10-22(4)18-25)38(36,37)26-15-13-24(30)14-16-26/h7-18,27H,5-6,19-20H2,1-4H3,(H,31,35)/t27-/m1/s1. The third kappa shape index (κ3) is 7.14. The summed E-state index contributed by atoms with van der Waals surface area (Å²) in [6, 6.07) is 19.7. The van der Waals surface area contributed by atoms with Gasteiger partial charge < -0.3 is 10.2 Å². The Morgan fingerprint density at radius 2 is 1.55 bits per heavy atom. The van der Waals surface area contributed by atoms with Gasteiger partial charge in [-0.15, -0.1) is 0 Å². The van der Waals surface area contributed by atoms with Crippen molar-refractivity contribution >= 4 is 39.1 Å². The van der Waals surface area contributed by atoms with Crippen LogP contribution >= 0.6 is 11.6 Å². The van der Waals surface area contributed by atoms with Gasteiger partial charge in [-0.2, -0.15) is 0 Å². The van der Waals surface area contributed by atoms with E-state index in [1.165, 1.54) is 29.2 Å². The Balaban J connectivity index is 2.06. The molecule has 3 rings (SSSR count). The number of halogens is 1. The summed E-state index contributed by atoms with van der Waals surface area (Å²) in [5.74, 6) is -0.762. The quantitative estimate of drug-likeness (QED) is 0.357. The summed E-state index contributed by atoms with van der Waals surface area (Å²) in [7, 11) is -4.13. The number of nitrogens with zero attached hydrogens (tertiary/aromatic N) is 2. The number of anilines is 1. The fourth-order valence-electron chi connectivity index (χ4n) is 4.26. The predicted molar refractivity (Wildman–Crippen MR) is 152 cm³/mol. The molecule has 0 saturated heterocycles. The number of likely N-dealkylation sites (N-methyl/N-ethyl adjacent to an activating group) is 1. The number of aryl methyl sites for hydroxylation is 2. The minimum absolute atomic E-state index is 0.0113. The second-order valence-corrected chi connectivity index (χ2v) is 11.4. The molecule has 7 nitrogen and oxygen atoms in total. The number of carbonyl (C=O) groups is 2. The molecule has 0 aliphatic carbocycles. The largest absolute Gasteiger partial charge is 0.355 e. The highest BCUT2D eigenvalue weighted by Crippen LogP contribution is 2.26. The van der Waals surface area contributed by atoms with Gasteiger partial charge in [-0.1, -0.05) is 60.5 Å². The maximum Gasteiger partial charge on any atom is 0.264 e. The summed E-state index contributed by atoms with van der Waals surface area (Å²) in [5, 5.41) is 3.21. The van der Waals surface area contributed by atoms with Crippen LogP contribution in [-0.4, -0.2) is 44.3 Å². The minimum Gasteiger partial charge on any atom is -0.355 e. The van der Waals surface area contributed by atoms with Gasteiger partial charge >= 0.3 is 0 Å². The molecule has 3 aromatic rings. The lowest BCUT2D eigenvalue weighted by atomic mass is 10.1. The molecule has 0 aliphatic heterocycles. The fraction of sp³-hybridized carbons (Fsp3) is 0.310. The number of hydrogen-bond acceptors (Lipinski definition) is 4. The summed E-state index contributed by atoms with van der Waals surface area (Å²) in [5.41, 5.74) is 3.07. The van der Waals surface area contributed by atoms with Gasteiger partial charge in [0.05, 0.1) is 10.6 Å². The zero-order chi connectivity index (χ0) is 27.9. The smallest absolute Gasteiger partial charge is 0.264 e. The molecule has 0 unspecified atom stereocenters. The van der Waals surface area contributed by atoms with Crippen LogP contribution in [0.2, 0.25) is 5.02 Å². The van der Waals surface area contributed by atoms with Crippen molar-refractivity contribution in [2.45, 2.75) is 51.6 Å². The Morgan fingerprint density at radius 1 is 0.921 bits per heavy atom. The summed E-state index contributed by atoms with van der Waals surface area (Å²) in [4.78, 5) is 28.4. The van der Waals surface area contributed by atoms with E-state index in [-0.39, 0.29) is 17.3 Å². The number of carbonyl (C=O) groups excluding carboxylic acids is 2. The highest BCUT2D eigenvalue weighted by Gasteiger charge is 2.33. The topological polar surface area (TPSA) is 86.8 Å². The number of benzene rings is 3. The van der Waals surface area contributed by atoms with Crippen molar-refractivity contribution in [3.05, 3.63) is 94.5 Å². The van der Waals surface area contributed by atoms with E-state index in [0.717, 1.165) is 21.0 Å². The van der Waals surface area contributed by atoms with E-state index >= 15 is 0 Å². The molecule has 9 heteroatoms. The van der Waals surface area contributed by atoms with E-state index in [2.05, 4.69) is 5.32 Å². The Hall–Kier alpha value is -3.36. The Labute approximate surface area is 230 Å². The van der Waals surface area contributed by atoms with Crippen molar-refractivity contribution in [3.63, 3.8) is 0 Å². The number of amides is 2. The van der Waals surface area contributed by atoms with Crippen LogP contribution in [0.15, 0.2) is 77.7 Å². The maximum atomic E-state index is 14.0. The van der Waals surface area contributed by atoms with Crippen molar-refractivity contribution in [1.82, 2.24) is 10.2 Å². The number of rotatable bonds is 11. The molecule has 0 heterocycles. The van der Waals surface area contributed by atoms with Crippen LogP contribution in [0.25, 0.3) is 0 Å². The van der Waals surface area contributed by atoms with E-state index in [1.807, 2.05) is 58.0 Å². The van der Waals surface area contributed by atoms with Gasteiger partial charge in [-0.3, -0.25) is 13.9 Å². The third-order valence-electron chi connectivity index (χ3n) is 6.14. The predicted octanol–water partition coefficient (Wildman–Crippen LogP) is 5.10. The molecule has 3 aromatic carbocycles. The summed E-state index contributed by atoms with van der Waals surface area (Å²) < 4.78 is 28.7. The Bertz CT molecular complexity index is 1380. The van der Waals surface area contributed by atoms with Crippen molar-refractivity contribution in [3.8, 4) is 0 Å². The SMILES string of the molecule is CCNC(=O)[C@@H](CC)N(Cc1cccc(C)c1)C(=O)CN(c1cccc(C)c1)S(=O)(=O)c1ccc(Cl)cc1. The number of sulfonamides is 1. The van der Waals surface area contributed by atoms with Gasteiger partial charge in [0.25, 0.3) is 10.0 Å². The highest BCUT2D eigenvalue weighted by molar-refractivity contribution is 7.92. The second kappa shape index (κ2) is 12.9. The molecule has 1 N–H and O–H groups in total. The summed E-state index contributed by atoms with van der Waals surface area (Å²) >= 11 is 5.99. The van der Waals surface area contributed by atoms with Crippen LogP contribution < -0.4 is 9.62 Å². The van der Waals surface area contributed by atoms with Crippen LogP contribution in [-0.2, 0) is 26.2 Å². The monoisotopic (exact) mass is 555 g/mol. The first-order valence-corrected chi connectivity index (χ1v) is 14.4. The average molecular weight is 556 g/mol. The lowest BCUT2D eigenvalue weighted by molar-refractivity contribution is -0.140. The van der Waals surface area contributed by atoms with Gasteiger partial charge in [0.2, 0.25) is 11.8 Å². The molecule has 1 atom stereocenters. The van der Waals surface area contributed by atoms with Crippen LogP contribution in [0.5, 0.6) is 0 Å². The van der Waals surface area contributed by atoms with Gasteiger partial charge in [0, 0.05) is 18.1 Å². The average Bonchev–Trinajstić information content (AvgIpc) is 2.87. The van der Waals surface area contributed by atoms with Crippen molar-refractivity contribution < 1.29 is 18.0 Å². The zero-order valence-electron chi connectivity index (χ0n) is 22.1. The molecular formula is C29H34ClN3O4S. The molecule has 0 saturated carbocycles. The first-order valence-electron chi connectivity index (χ1n) is 12.5. The first kappa shape index (κ1) is 29.2. The molecule has 0 aliphatic rings. The Morgan fingerprint density at radius 3 is 2.13 bits per heavy atom. The van der Waals surface area contributed by atoms with Gasteiger partial charge in [-0.25, -0.2) is 8.42 Å². The van der Waals surface area contributed by atoms with E-state index in [1.54, 1.807) is 18.2 Å². The van der Waals surface area contributed by atoms with Crippen molar-refractivity contribution in [2.24, 2.45) is 0 Å². The molecule has 0 aromatic heterocycles. The molecule has 0 spiro atoms. The van der Waals surface area contributed by atoms with Crippen molar-refractivity contribution in [2.75, 3.05) is 17.4 Å². The summed E-state index contributed by atoms with van der Waals surface area (Å²) in [6.45, 7) is 7.56. The zero-order valence-corrected chi connectivity index (χ0v) is 23.7. The molecular weight excluding hydrogens is 522 g/mol. The Kier molecular flexibility index (Phi) is 9.94. The second-order valence-electron chi connectivity index (χ2n) is 9.13. The normalized spacial score (nSPS) is 12.0. The van der Waals surface area contributed by atoms with Crippen LogP contribution in [0, 0.1) is 13.8 Å². The van der Waals surface area contributed by atoms with E-state index in [4.69, 9.17) is 11.6 Å². The van der Waals surface area contributed by atoms with Gasteiger partial charge in [0.1, 0.15) is 12.6 Å². The van der Waals surface area contributed by atoms with Crippen molar-refractivity contribution in [1.29, 1.82) is 0 Å².